The summed E-state index contributed by atoms with van der Waals surface area (Å²) in [6.07, 6.45) is 2.81. The predicted molar refractivity (Wildman–Crippen MR) is 66.6 cm³/mol. The maximum atomic E-state index is 5.89. The van der Waals surface area contributed by atoms with E-state index in [4.69, 9.17) is 5.73 Å². The Hall–Kier alpha value is -1.88. The molecule has 0 spiro atoms. The molecule has 0 aliphatic carbocycles. The lowest BCUT2D eigenvalue weighted by molar-refractivity contribution is 0.751. The van der Waals surface area contributed by atoms with E-state index >= 15 is 0 Å². The van der Waals surface area contributed by atoms with Crippen LogP contribution in [0.25, 0.3) is 11.4 Å². The van der Waals surface area contributed by atoms with Crippen molar-refractivity contribution >= 4 is 5.82 Å². The summed E-state index contributed by atoms with van der Waals surface area (Å²) in [4.78, 5) is 6.49. The van der Waals surface area contributed by atoms with Gasteiger partial charge in [-0.05, 0) is 18.6 Å². The van der Waals surface area contributed by atoms with E-state index in [0.717, 1.165) is 36.7 Å². The van der Waals surface area contributed by atoms with Gasteiger partial charge in [0, 0.05) is 31.4 Å². The Morgan fingerprint density at radius 3 is 3.06 bits per heavy atom. The minimum atomic E-state index is 0.269. The number of H-pyrrole nitrogens is 1. The molecule has 2 aromatic heterocycles. The summed E-state index contributed by atoms with van der Waals surface area (Å²) >= 11 is 0. The fourth-order valence-corrected chi connectivity index (χ4v) is 2.12. The number of anilines is 1. The second-order valence-electron chi connectivity index (χ2n) is 4.35. The number of hydrogen-bond donors (Lipinski definition) is 2. The largest absolute Gasteiger partial charge is 0.354 e. The smallest absolute Gasteiger partial charge is 0.151 e. The van der Waals surface area contributed by atoms with E-state index in [9.17, 15) is 0 Å². The molecule has 1 saturated heterocycles. The molecule has 1 atom stereocenters. The number of nitrogens with zero attached hydrogens (tertiary/aromatic N) is 3. The van der Waals surface area contributed by atoms with Gasteiger partial charge in [-0.25, -0.2) is 0 Å². The van der Waals surface area contributed by atoms with Crippen LogP contribution in [0, 0.1) is 0 Å². The third-order valence-electron chi connectivity index (χ3n) is 3.05. The lowest BCUT2D eigenvalue weighted by atomic mass is 10.3. The first-order valence-electron chi connectivity index (χ1n) is 5.80. The van der Waals surface area contributed by atoms with E-state index in [1.54, 1.807) is 6.20 Å². The minimum absolute atomic E-state index is 0.269. The van der Waals surface area contributed by atoms with E-state index < -0.39 is 0 Å². The predicted octanol–water partition coefficient (Wildman–Crippen LogP) is 1.01. The molecule has 3 N–H and O–H groups in total. The molecule has 5 nitrogen and oxygen atoms in total. The number of aromatic amines is 1. The molecule has 0 bridgehead atoms. The Bertz CT molecular complexity index is 493. The average molecular weight is 229 g/mol. The van der Waals surface area contributed by atoms with Gasteiger partial charge < -0.3 is 10.6 Å². The van der Waals surface area contributed by atoms with Gasteiger partial charge >= 0.3 is 0 Å². The topological polar surface area (TPSA) is 70.8 Å². The van der Waals surface area contributed by atoms with Gasteiger partial charge in [-0.15, -0.1) is 0 Å². The maximum Gasteiger partial charge on any atom is 0.151 e. The molecule has 0 radical (unpaired) electrons. The second-order valence-corrected chi connectivity index (χ2v) is 4.35. The van der Waals surface area contributed by atoms with Crippen LogP contribution in [0.5, 0.6) is 0 Å². The van der Waals surface area contributed by atoms with Gasteiger partial charge in [0.1, 0.15) is 0 Å². The molecular formula is C12H15N5. The molecule has 0 aromatic carbocycles. The van der Waals surface area contributed by atoms with Gasteiger partial charge in [-0.2, -0.15) is 5.10 Å². The molecule has 1 fully saturated rings. The van der Waals surface area contributed by atoms with Crippen molar-refractivity contribution in [2.45, 2.75) is 12.5 Å². The van der Waals surface area contributed by atoms with Crippen molar-refractivity contribution in [3.8, 4) is 11.4 Å². The van der Waals surface area contributed by atoms with E-state index in [-0.39, 0.29) is 6.04 Å². The lowest BCUT2D eigenvalue weighted by Gasteiger charge is -2.13. The molecule has 2 aromatic rings. The van der Waals surface area contributed by atoms with Gasteiger partial charge in [0.15, 0.2) is 5.82 Å². The Morgan fingerprint density at radius 2 is 2.35 bits per heavy atom. The highest BCUT2D eigenvalue weighted by Gasteiger charge is 2.21. The lowest BCUT2D eigenvalue weighted by Crippen LogP contribution is -2.26. The molecule has 3 rings (SSSR count). The molecule has 3 heterocycles. The number of aromatic nitrogens is 3. The third-order valence-corrected chi connectivity index (χ3v) is 3.05. The zero-order valence-corrected chi connectivity index (χ0v) is 9.50. The van der Waals surface area contributed by atoms with Crippen LogP contribution in [0.2, 0.25) is 0 Å². The van der Waals surface area contributed by atoms with Crippen molar-refractivity contribution in [2.75, 3.05) is 18.0 Å². The van der Waals surface area contributed by atoms with Crippen LogP contribution in [0.3, 0.4) is 0 Å². The standard InChI is InChI=1S/C12H15N5/c13-9-4-6-17(8-9)12-7-11(15-16-12)10-3-1-2-5-14-10/h1-3,5,7,9H,4,6,8,13H2,(H,15,16). The molecule has 5 heteroatoms. The molecule has 0 amide bonds. The fraction of sp³-hybridized carbons (Fsp3) is 0.333. The van der Waals surface area contributed by atoms with Crippen LogP contribution >= 0.6 is 0 Å². The van der Waals surface area contributed by atoms with Crippen LogP contribution in [-0.4, -0.2) is 34.3 Å². The van der Waals surface area contributed by atoms with Crippen molar-refractivity contribution in [3.63, 3.8) is 0 Å². The van der Waals surface area contributed by atoms with Crippen LogP contribution in [-0.2, 0) is 0 Å². The molecule has 1 aliphatic heterocycles. The van der Waals surface area contributed by atoms with Crippen LogP contribution in [0.15, 0.2) is 30.5 Å². The number of nitrogens with one attached hydrogen (secondary N) is 1. The molecule has 88 valence electrons. The first-order valence-corrected chi connectivity index (χ1v) is 5.80. The molecule has 1 unspecified atom stereocenters. The first-order chi connectivity index (χ1) is 8.33. The highest BCUT2D eigenvalue weighted by Crippen LogP contribution is 2.22. The summed E-state index contributed by atoms with van der Waals surface area (Å²) in [5, 5.41) is 7.33. The van der Waals surface area contributed by atoms with E-state index in [2.05, 4.69) is 20.1 Å². The van der Waals surface area contributed by atoms with Gasteiger partial charge in [0.25, 0.3) is 0 Å². The summed E-state index contributed by atoms with van der Waals surface area (Å²) in [5.74, 6) is 0.957. The summed E-state index contributed by atoms with van der Waals surface area (Å²) in [6, 6.07) is 8.13. The van der Waals surface area contributed by atoms with Crippen molar-refractivity contribution in [1.29, 1.82) is 0 Å². The fourth-order valence-electron chi connectivity index (χ4n) is 2.12. The van der Waals surface area contributed by atoms with Crippen LogP contribution < -0.4 is 10.6 Å². The second kappa shape index (κ2) is 4.18. The highest BCUT2D eigenvalue weighted by molar-refractivity contribution is 5.59. The number of hydrogen-bond acceptors (Lipinski definition) is 4. The van der Waals surface area contributed by atoms with E-state index in [0.29, 0.717) is 0 Å². The molecule has 1 aliphatic rings. The summed E-state index contributed by atoms with van der Waals surface area (Å²) in [6.45, 7) is 1.86. The SMILES string of the molecule is NC1CCN(c2cc(-c3ccccn3)[nH]n2)C1. The molecular weight excluding hydrogens is 214 g/mol. The Morgan fingerprint density at radius 1 is 1.41 bits per heavy atom. The Labute approximate surface area is 99.7 Å². The van der Waals surface area contributed by atoms with Crippen molar-refractivity contribution < 1.29 is 0 Å². The average Bonchev–Trinajstić information content (AvgIpc) is 2.98. The zero-order chi connectivity index (χ0) is 11.7. The number of nitrogens with two attached hydrogens (primary N) is 1. The van der Waals surface area contributed by atoms with Crippen molar-refractivity contribution in [2.24, 2.45) is 5.73 Å². The van der Waals surface area contributed by atoms with Crippen molar-refractivity contribution in [1.82, 2.24) is 15.2 Å². The Balaban J connectivity index is 1.84. The number of rotatable bonds is 2. The molecule has 0 saturated carbocycles. The van der Waals surface area contributed by atoms with Crippen LogP contribution in [0.4, 0.5) is 5.82 Å². The van der Waals surface area contributed by atoms with Gasteiger partial charge in [-0.3, -0.25) is 10.1 Å². The van der Waals surface area contributed by atoms with Gasteiger partial charge in [0.05, 0.1) is 11.4 Å². The summed E-state index contributed by atoms with van der Waals surface area (Å²) in [7, 11) is 0. The van der Waals surface area contributed by atoms with E-state index in [1.165, 1.54) is 0 Å². The van der Waals surface area contributed by atoms with E-state index in [1.807, 2.05) is 24.3 Å². The first kappa shape index (κ1) is 10.3. The normalized spacial score (nSPS) is 19.8. The van der Waals surface area contributed by atoms with Gasteiger partial charge in [0.2, 0.25) is 0 Å². The Kier molecular flexibility index (Phi) is 2.53. The molecule has 17 heavy (non-hydrogen) atoms. The summed E-state index contributed by atoms with van der Waals surface area (Å²) < 4.78 is 0. The van der Waals surface area contributed by atoms with Crippen LogP contribution in [0.1, 0.15) is 6.42 Å². The maximum absolute atomic E-state index is 5.89. The number of pyridine rings is 1. The quantitative estimate of drug-likeness (QED) is 0.806. The van der Waals surface area contributed by atoms with Gasteiger partial charge in [-0.1, -0.05) is 6.07 Å². The monoisotopic (exact) mass is 229 g/mol. The summed E-state index contributed by atoms with van der Waals surface area (Å²) in [5.41, 5.74) is 7.75. The third kappa shape index (κ3) is 2.01. The van der Waals surface area contributed by atoms with Crippen molar-refractivity contribution in [3.05, 3.63) is 30.5 Å². The zero-order valence-electron chi connectivity index (χ0n) is 9.50. The minimum Gasteiger partial charge on any atom is -0.354 e. The highest BCUT2D eigenvalue weighted by atomic mass is 15.3.